The number of rotatable bonds is 7. The number of ether oxygens (including phenoxy) is 2. The van der Waals surface area contributed by atoms with Gasteiger partial charge in [-0.15, -0.1) is 0 Å². The topological polar surface area (TPSA) is 38.7 Å². The van der Waals surface area contributed by atoms with Gasteiger partial charge in [0.2, 0.25) is 0 Å². The maximum absolute atomic E-state index is 10.1. The van der Waals surface area contributed by atoms with Crippen molar-refractivity contribution < 1.29 is 14.6 Å². The van der Waals surface area contributed by atoms with Gasteiger partial charge in [0.15, 0.2) is 6.29 Å². The predicted molar refractivity (Wildman–Crippen MR) is 55.0 cm³/mol. The third-order valence-corrected chi connectivity index (χ3v) is 2.92. The van der Waals surface area contributed by atoms with Crippen LogP contribution in [-0.2, 0) is 9.47 Å². The highest BCUT2D eigenvalue weighted by atomic mass is 16.7. The first-order valence-corrected chi connectivity index (χ1v) is 5.61. The molecule has 2 atom stereocenters. The molecule has 0 unspecified atom stereocenters. The van der Waals surface area contributed by atoms with Gasteiger partial charge in [0, 0.05) is 19.6 Å². The second-order valence-electron chi connectivity index (χ2n) is 3.96. The van der Waals surface area contributed by atoms with Gasteiger partial charge in [-0.05, 0) is 26.2 Å². The molecule has 1 aliphatic rings. The normalized spacial score (nSPS) is 31.1. The van der Waals surface area contributed by atoms with Crippen molar-refractivity contribution in [2.75, 3.05) is 13.2 Å². The first-order chi connectivity index (χ1) is 6.66. The average Bonchev–Trinajstić information content (AvgIpc) is 2.77. The van der Waals surface area contributed by atoms with E-state index in [0.29, 0.717) is 25.6 Å². The van der Waals surface area contributed by atoms with Gasteiger partial charge in [0.1, 0.15) is 0 Å². The van der Waals surface area contributed by atoms with E-state index in [1.54, 1.807) is 0 Å². The molecule has 0 amide bonds. The van der Waals surface area contributed by atoms with Crippen molar-refractivity contribution in [2.45, 2.75) is 51.9 Å². The molecular weight excluding hydrogens is 180 g/mol. The molecule has 0 radical (unpaired) electrons. The summed E-state index contributed by atoms with van der Waals surface area (Å²) in [7, 11) is 0. The minimum atomic E-state index is -0.510. The van der Waals surface area contributed by atoms with Crippen molar-refractivity contribution in [1.29, 1.82) is 0 Å². The Morgan fingerprint density at radius 2 is 1.86 bits per heavy atom. The summed E-state index contributed by atoms with van der Waals surface area (Å²) < 4.78 is 10.8. The molecule has 0 heterocycles. The summed E-state index contributed by atoms with van der Waals surface area (Å²) in [5, 5.41) is 10.1. The van der Waals surface area contributed by atoms with E-state index in [1.807, 2.05) is 13.8 Å². The Hall–Kier alpha value is -0.120. The number of aliphatic hydroxyl groups is 1. The van der Waals surface area contributed by atoms with E-state index in [0.717, 1.165) is 12.8 Å². The van der Waals surface area contributed by atoms with Gasteiger partial charge in [-0.3, -0.25) is 0 Å². The zero-order valence-electron chi connectivity index (χ0n) is 9.45. The maximum Gasteiger partial charge on any atom is 0.160 e. The van der Waals surface area contributed by atoms with Crippen LogP contribution in [0.15, 0.2) is 0 Å². The Morgan fingerprint density at radius 1 is 1.29 bits per heavy atom. The van der Waals surface area contributed by atoms with Gasteiger partial charge in [-0.2, -0.15) is 0 Å². The zero-order valence-corrected chi connectivity index (χ0v) is 9.45. The largest absolute Gasteiger partial charge is 0.389 e. The van der Waals surface area contributed by atoms with Crippen LogP contribution >= 0.6 is 0 Å². The van der Waals surface area contributed by atoms with E-state index >= 15 is 0 Å². The van der Waals surface area contributed by atoms with Gasteiger partial charge >= 0.3 is 0 Å². The Labute approximate surface area is 86.4 Å². The average molecular weight is 202 g/mol. The summed E-state index contributed by atoms with van der Waals surface area (Å²) >= 11 is 0. The van der Waals surface area contributed by atoms with Crippen LogP contribution in [0.1, 0.15) is 40.0 Å². The number of hydrogen-bond donors (Lipinski definition) is 1. The molecule has 0 saturated heterocycles. The van der Waals surface area contributed by atoms with E-state index in [2.05, 4.69) is 6.92 Å². The van der Waals surface area contributed by atoms with Gasteiger partial charge in [0.05, 0.1) is 5.60 Å². The van der Waals surface area contributed by atoms with E-state index in [9.17, 15) is 5.11 Å². The lowest BCUT2D eigenvalue weighted by molar-refractivity contribution is -0.157. The summed E-state index contributed by atoms with van der Waals surface area (Å²) in [5.74, 6) is 0.450. The fourth-order valence-corrected chi connectivity index (χ4v) is 1.97. The third-order valence-electron chi connectivity index (χ3n) is 2.92. The molecule has 3 nitrogen and oxygen atoms in total. The molecule has 1 saturated carbocycles. The van der Waals surface area contributed by atoms with Gasteiger partial charge in [-0.25, -0.2) is 0 Å². The SMILES string of the molecule is CCOC(C[C@]1(O)C[C@H]1CC)OCC. The quantitative estimate of drug-likeness (QED) is 0.641. The molecule has 0 aliphatic heterocycles. The molecule has 14 heavy (non-hydrogen) atoms. The van der Waals surface area contributed by atoms with Crippen LogP contribution in [0.2, 0.25) is 0 Å². The highest BCUT2D eigenvalue weighted by molar-refractivity contribution is 5.02. The summed E-state index contributed by atoms with van der Waals surface area (Å²) in [5.41, 5.74) is -0.510. The van der Waals surface area contributed by atoms with Crippen LogP contribution in [0.3, 0.4) is 0 Å². The second kappa shape index (κ2) is 5.10. The Balaban J connectivity index is 2.32. The van der Waals surface area contributed by atoms with Crippen molar-refractivity contribution in [2.24, 2.45) is 5.92 Å². The van der Waals surface area contributed by atoms with Crippen molar-refractivity contribution in [3.63, 3.8) is 0 Å². The molecule has 84 valence electrons. The monoisotopic (exact) mass is 202 g/mol. The molecule has 3 heteroatoms. The van der Waals surface area contributed by atoms with E-state index in [-0.39, 0.29) is 6.29 Å². The molecule has 0 aromatic rings. The van der Waals surface area contributed by atoms with Crippen molar-refractivity contribution in [1.82, 2.24) is 0 Å². The van der Waals surface area contributed by atoms with E-state index < -0.39 is 5.60 Å². The van der Waals surface area contributed by atoms with Crippen molar-refractivity contribution >= 4 is 0 Å². The van der Waals surface area contributed by atoms with Crippen LogP contribution in [0.4, 0.5) is 0 Å². The van der Waals surface area contributed by atoms with Crippen molar-refractivity contribution in [3.8, 4) is 0 Å². The summed E-state index contributed by atoms with van der Waals surface area (Å²) in [6, 6.07) is 0. The van der Waals surface area contributed by atoms with Crippen LogP contribution in [0.25, 0.3) is 0 Å². The van der Waals surface area contributed by atoms with Crippen LogP contribution in [0, 0.1) is 5.92 Å². The Morgan fingerprint density at radius 3 is 2.21 bits per heavy atom. The van der Waals surface area contributed by atoms with Gasteiger partial charge in [-0.1, -0.05) is 13.3 Å². The predicted octanol–water partition coefficient (Wildman–Crippen LogP) is 1.94. The molecule has 0 bridgehead atoms. The second-order valence-corrected chi connectivity index (χ2v) is 3.96. The standard InChI is InChI=1S/C11H22O3/c1-4-9-7-11(9,12)8-10(13-5-2)14-6-3/h9-10,12H,4-8H2,1-3H3/t9-,11-/m1/s1. The minimum absolute atomic E-state index is 0.230. The van der Waals surface area contributed by atoms with E-state index in [4.69, 9.17) is 9.47 Å². The first-order valence-electron chi connectivity index (χ1n) is 5.61. The highest BCUT2D eigenvalue weighted by Crippen LogP contribution is 2.49. The molecular formula is C11H22O3. The molecule has 1 N–H and O–H groups in total. The fourth-order valence-electron chi connectivity index (χ4n) is 1.97. The first kappa shape index (κ1) is 12.0. The summed E-state index contributed by atoms with van der Waals surface area (Å²) in [6.45, 7) is 7.27. The maximum atomic E-state index is 10.1. The molecule has 1 rings (SSSR count). The molecule has 1 aliphatic carbocycles. The zero-order chi connectivity index (χ0) is 10.6. The highest BCUT2D eigenvalue weighted by Gasteiger charge is 2.52. The lowest BCUT2D eigenvalue weighted by atomic mass is 10.1. The number of hydrogen-bond acceptors (Lipinski definition) is 3. The summed E-state index contributed by atoms with van der Waals surface area (Å²) in [4.78, 5) is 0. The van der Waals surface area contributed by atoms with Crippen molar-refractivity contribution in [3.05, 3.63) is 0 Å². The molecule has 0 aromatic heterocycles. The molecule has 1 fully saturated rings. The molecule has 0 spiro atoms. The smallest absolute Gasteiger partial charge is 0.160 e. The lowest BCUT2D eigenvalue weighted by Crippen LogP contribution is -2.26. The van der Waals surface area contributed by atoms with Gasteiger partial charge < -0.3 is 14.6 Å². The molecule has 0 aromatic carbocycles. The fraction of sp³-hybridized carbons (Fsp3) is 1.00. The van der Waals surface area contributed by atoms with Gasteiger partial charge in [0.25, 0.3) is 0 Å². The summed E-state index contributed by atoms with van der Waals surface area (Å²) in [6.07, 6.45) is 2.33. The third kappa shape index (κ3) is 2.94. The van der Waals surface area contributed by atoms with Crippen LogP contribution < -0.4 is 0 Å². The van der Waals surface area contributed by atoms with Crippen LogP contribution in [-0.4, -0.2) is 30.2 Å². The van der Waals surface area contributed by atoms with E-state index in [1.165, 1.54) is 0 Å². The Bertz CT molecular complexity index is 166. The lowest BCUT2D eigenvalue weighted by Gasteiger charge is -2.20. The Kier molecular flexibility index (Phi) is 4.35. The minimum Gasteiger partial charge on any atom is -0.389 e. The van der Waals surface area contributed by atoms with Crippen LogP contribution in [0.5, 0.6) is 0 Å².